The Morgan fingerprint density at radius 2 is 2.06 bits per heavy atom. The van der Waals surface area contributed by atoms with Crippen LogP contribution in [0.3, 0.4) is 0 Å². The minimum Gasteiger partial charge on any atom is -0.444 e. The van der Waals surface area contributed by atoms with Crippen molar-refractivity contribution in [3.63, 3.8) is 0 Å². The van der Waals surface area contributed by atoms with Crippen molar-refractivity contribution >= 4 is 23.4 Å². The zero-order valence-electron chi connectivity index (χ0n) is 21.5. The molecule has 0 radical (unpaired) electrons. The summed E-state index contributed by atoms with van der Waals surface area (Å²) >= 11 is 0. The number of pyridine rings is 1. The van der Waals surface area contributed by atoms with E-state index in [0.29, 0.717) is 49.5 Å². The standard InChI is InChI=1S/C25H34N8O3/c1-6-18-16(2)31-33-20(27)19(15-26)21(30-22(18)33)28-12-10-17-9-7-13-32(23(17)34)14-8-11-29-24(35)36-25(3,4)5/h7,9,13H,6,8,10-12,14,27H2,1-5H3,(H,28,30)(H,29,35). The number of carbonyl (C=O) groups excluding carboxylic acids is 1. The third kappa shape index (κ3) is 6.13. The number of anilines is 2. The summed E-state index contributed by atoms with van der Waals surface area (Å²) in [7, 11) is 0. The highest BCUT2D eigenvalue weighted by atomic mass is 16.6. The first-order valence-corrected chi connectivity index (χ1v) is 12.0. The van der Waals surface area contributed by atoms with Crippen molar-refractivity contribution in [1.29, 1.82) is 5.26 Å². The molecule has 1 amide bonds. The Kier molecular flexibility index (Phi) is 8.19. The number of aromatic nitrogens is 4. The molecule has 3 aromatic rings. The van der Waals surface area contributed by atoms with Crippen molar-refractivity contribution in [2.45, 2.75) is 66.0 Å². The molecule has 0 saturated heterocycles. The SMILES string of the molecule is CCc1c(C)nn2c(N)c(C#N)c(NCCc3cccn(CCCNC(=O)OC(C)(C)C)c3=O)nc12. The zero-order chi connectivity index (χ0) is 26.5. The van der Waals surface area contributed by atoms with Crippen LogP contribution in [0.5, 0.6) is 0 Å². The number of aryl methyl sites for hydroxylation is 3. The maximum Gasteiger partial charge on any atom is 0.407 e. The Balaban J connectivity index is 1.64. The highest BCUT2D eigenvalue weighted by molar-refractivity contribution is 5.69. The molecule has 0 aliphatic carbocycles. The van der Waals surface area contributed by atoms with Gasteiger partial charge < -0.3 is 25.7 Å². The Bertz CT molecular complexity index is 1340. The lowest BCUT2D eigenvalue weighted by atomic mass is 10.2. The lowest BCUT2D eigenvalue weighted by Crippen LogP contribution is -2.33. The van der Waals surface area contributed by atoms with E-state index in [1.54, 1.807) is 37.6 Å². The molecule has 0 fully saturated rings. The van der Waals surface area contributed by atoms with Gasteiger partial charge in [-0.05, 0) is 53.0 Å². The molecule has 0 atom stereocenters. The van der Waals surface area contributed by atoms with E-state index >= 15 is 0 Å². The molecule has 36 heavy (non-hydrogen) atoms. The van der Waals surface area contributed by atoms with Crippen LogP contribution in [0.25, 0.3) is 5.65 Å². The molecule has 0 spiro atoms. The monoisotopic (exact) mass is 494 g/mol. The average Bonchev–Trinajstić information content (AvgIpc) is 3.13. The number of nitrogens with zero attached hydrogens (tertiary/aromatic N) is 5. The van der Waals surface area contributed by atoms with Crippen molar-refractivity contribution in [2.75, 3.05) is 24.1 Å². The van der Waals surface area contributed by atoms with Crippen molar-refractivity contribution < 1.29 is 9.53 Å². The van der Waals surface area contributed by atoms with Gasteiger partial charge in [-0.2, -0.15) is 14.9 Å². The first-order valence-electron chi connectivity index (χ1n) is 12.0. The predicted octanol–water partition coefficient (Wildman–Crippen LogP) is 2.79. The first-order chi connectivity index (χ1) is 17.1. The summed E-state index contributed by atoms with van der Waals surface area (Å²) < 4.78 is 8.34. The molecule has 0 aliphatic rings. The first kappa shape index (κ1) is 26.5. The summed E-state index contributed by atoms with van der Waals surface area (Å²) in [5.74, 6) is 0.608. The van der Waals surface area contributed by atoms with Crippen molar-refractivity contribution in [3.8, 4) is 6.07 Å². The van der Waals surface area contributed by atoms with E-state index in [1.807, 2.05) is 19.9 Å². The minimum atomic E-state index is -0.555. The van der Waals surface area contributed by atoms with Crippen LogP contribution in [-0.4, -0.2) is 43.9 Å². The third-order valence-corrected chi connectivity index (χ3v) is 5.59. The molecule has 11 heteroatoms. The van der Waals surface area contributed by atoms with Gasteiger partial charge in [0.05, 0.1) is 5.69 Å². The summed E-state index contributed by atoms with van der Waals surface area (Å²) in [6.07, 6.45) is 3.01. The number of nitriles is 1. The Labute approximate surface area is 210 Å². The number of hydrogen-bond acceptors (Lipinski definition) is 8. The quantitative estimate of drug-likeness (QED) is 0.384. The van der Waals surface area contributed by atoms with Crippen LogP contribution in [0.15, 0.2) is 23.1 Å². The third-order valence-electron chi connectivity index (χ3n) is 5.59. The fourth-order valence-electron chi connectivity index (χ4n) is 3.89. The van der Waals surface area contributed by atoms with Gasteiger partial charge in [-0.3, -0.25) is 4.79 Å². The van der Waals surface area contributed by atoms with Crippen LogP contribution in [0.4, 0.5) is 16.4 Å². The number of hydrogen-bond donors (Lipinski definition) is 3. The van der Waals surface area contributed by atoms with Gasteiger partial charge in [-0.1, -0.05) is 13.0 Å². The maximum absolute atomic E-state index is 12.9. The lowest BCUT2D eigenvalue weighted by molar-refractivity contribution is 0.0526. The number of ether oxygens (including phenoxy) is 1. The highest BCUT2D eigenvalue weighted by Crippen LogP contribution is 2.24. The summed E-state index contributed by atoms with van der Waals surface area (Å²) in [5, 5.41) is 19.9. The van der Waals surface area contributed by atoms with Crippen LogP contribution in [0.1, 0.15) is 56.5 Å². The van der Waals surface area contributed by atoms with E-state index in [-0.39, 0.29) is 16.9 Å². The van der Waals surface area contributed by atoms with E-state index in [4.69, 9.17) is 10.5 Å². The maximum atomic E-state index is 12.9. The fraction of sp³-hybridized carbons (Fsp3) is 0.480. The van der Waals surface area contributed by atoms with Gasteiger partial charge in [-0.25, -0.2) is 9.78 Å². The number of nitrogens with one attached hydrogen (secondary N) is 2. The second-order valence-corrected chi connectivity index (χ2v) is 9.48. The number of amides is 1. The lowest BCUT2D eigenvalue weighted by Gasteiger charge is -2.19. The number of alkyl carbamates (subject to hydrolysis) is 1. The molecule has 4 N–H and O–H groups in total. The highest BCUT2D eigenvalue weighted by Gasteiger charge is 2.18. The summed E-state index contributed by atoms with van der Waals surface area (Å²) in [5.41, 5.74) is 8.83. The molecule has 11 nitrogen and oxygen atoms in total. The summed E-state index contributed by atoms with van der Waals surface area (Å²) in [6.45, 7) is 10.6. The second kappa shape index (κ2) is 11.1. The van der Waals surface area contributed by atoms with E-state index in [2.05, 4.69) is 26.8 Å². The van der Waals surface area contributed by atoms with Crippen LogP contribution in [0, 0.1) is 18.3 Å². The second-order valence-electron chi connectivity index (χ2n) is 9.48. The predicted molar refractivity (Wildman–Crippen MR) is 138 cm³/mol. The largest absolute Gasteiger partial charge is 0.444 e. The number of fused-ring (bicyclic) bond motifs is 1. The van der Waals surface area contributed by atoms with E-state index in [9.17, 15) is 14.9 Å². The van der Waals surface area contributed by atoms with Gasteiger partial charge in [0, 0.05) is 37.0 Å². The van der Waals surface area contributed by atoms with Crippen LogP contribution in [-0.2, 0) is 24.1 Å². The van der Waals surface area contributed by atoms with E-state index in [0.717, 1.165) is 17.7 Å². The Hall–Kier alpha value is -4.07. The van der Waals surface area contributed by atoms with Gasteiger partial charge >= 0.3 is 6.09 Å². The van der Waals surface area contributed by atoms with E-state index in [1.165, 1.54) is 4.52 Å². The number of carbonyl (C=O) groups is 1. The fourth-order valence-corrected chi connectivity index (χ4v) is 3.89. The molecular weight excluding hydrogens is 460 g/mol. The van der Waals surface area contributed by atoms with Crippen molar-refractivity contribution in [1.82, 2.24) is 24.5 Å². The zero-order valence-corrected chi connectivity index (χ0v) is 21.5. The molecule has 0 unspecified atom stereocenters. The molecule has 192 valence electrons. The van der Waals surface area contributed by atoms with Crippen molar-refractivity contribution in [3.05, 3.63) is 51.1 Å². The summed E-state index contributed by atoms with van der Waals surface area (Å²) in [4.78, 5) is 29.3. The van der Waals surface area contributed by atoms with Crippen LogP contribution < -0.4 is 21.9 Å². The molecule has 0 bridgehead atoms. The molecule has 0 aliphatic heterocycles. The number of nitrogen functional groups attached to an aromatic ring is 1. The average molecular weight is 495 g/mol. The van der Waals surface area contributed by atoms with E-state index < -0.39 is 11.7 Å². The van der Waals surface area contributed by atoms with Gasteiger partial charge in [0.25, 0.3) is 5.56 Å². The molecule has 3 rings (SSSR count). The smallest absolute Gasteiger partial charge is 0.407 e. The van der Waals surface area contributed by atoms with Gasteiger partial charge in [0.2, 0.25) is 0 Å². The molecule has 3 heterocycles. The Morgan fingerprint density at radius 1 is 1.31 bits per heavy atom. The van der Waals surface area contributed by atoms with Gasteiger partial charge in [-0.15, -0.1) is 0 Å². The topological polar surface area (TPSA) is 152 Å². The molecular formula is C25H34N8O3. The van der Waals surface area contributed by atoms with Gasteiger partial charge in [0.15, 0.2) is 5.65 Å². The van der Waals surface area contributed by atoms with Gasteiger partial charge in [0.1, 0.15) is 28.9 Å². The summed E-state index contributed by atoms with van der Waals surface area (Å²) in [6, 6.07) is 5.71. The number of rotatable bonds is 9. The number of nitrogens with two attached hydrogens (primary N) is 1. The minimum absolute atomic E-state index is 0.0975. The molecule has 3 aromatic heterocycles. The van der Waals surface area contributed by atoms with Crippen molar-refractivity contribution in [2.24, 2.45) is 0 Å². The normalized spacial score (nSPS) is 11.3. The Morgan fingerprint density at radius 3 is 2.72 bits per heavy atom. The van der Waals surface area contributed by atoms with Crippen LogP contribution in [0.2, 0.25) is 0 Å². The molecule has 0 aromatic carbocycles. The molecule has 0 saturated carbocycles. The van der Waals surface area contributed by atoms with Crippen LogP contribution >= 0.6 is 0 Å².